The second kappa shape index (κ2) is 9.87. The highest BCUT2D eigenvalue weighted by molar-refractivity contribution is 5.81. The first-order valence-electron chi connectivity index (χ1n) is 9.40. The van der Waals surface area contributed by atoms with Gasteiger partial charge < -0.3 is 20.3 Å². The number of ether oxygens (including phenoxy) is 1. The molecule has 6 heteroatoms. The predicted molar refractivity (Wildman–Crippen MR) is 98.4 cm³/mol. The highest BCUT2D eigenvalue weighted by Gasteiger charge is 2.26. The molecule has 138 valence electrons. The van der Waals surface area contributed by atoms with Crippen molar-refractivity contribution in [3.63, 3.8) is 0 Å². The molecule has 2 N–H and O–H groups in total. The number of rotatable bonds is 7. The first-order valence-corrected chi connectivity index (χ1v) is 9.40. The molecule has 1 unspecified atom stereocenters. The molecule has 1 aromatic rings. The van der Waals surface area contributed by atoms with Gasteiger partial charge in [-0.1, -0.05) is 30.3 Å². The van der Waals surface area contributed by atoms with Crippen LogP contribution in [0.1, 0.15) is 12.0 Å². The topological polar surface area (TPSA) is 56.8 Å². The Morgan fingerprint density at radius 2 is 1.96 bits per heavy atom. The largest absolute Gasteiger partial charge is 0.366 e. The third-order valence-electron chi connectivity index (χ3n) is 4.85. The smallest absolute Gasteiger partial charge is 0.250 e. The van der Waals surface area contributed by atoms with Crippen molar-refractivity contribution in [2.24, 2.45) is 0 Å². The maximum atomic E-state index is 12.4. The van der Waals surface area contributed by atoms with Crippen LogP contribution in [0.2, 0.25) is 0 Å². The highest BCUT2D eigenvalue weighted by Crippen LogP contribution is 2.10. The van der Waals surface area contributed by atoms with Crippen LogP contribution in [0.5, 0.6) is 0 Å². The minimum Gasteiger partial charge on any atom is -0.366 e. The second-order valence-corrected chi connectivity index (χ2v) is 6.82. The molecule has 25 heavy (non-hydrogen) atoms. The molecule has 2 aliphatic rings. The van der Waals surface area contributed by atoms with Crippen LogP contribution in [0.3, 0.4) is 0 Å². The fraction of sp³-hybridized carbons (Fsp3) is 0.632. The summed E-state index contributed by atoms with van der Waals surface area (Å²) in [5.41, 5.74) is 1.28. The van der Waals surface area contributed by atoms with E-state index < -0.39 is 0 Å². The zero-order valence-electron chi connectivity index (χ0n) is 15.0. The molecule has 1 atom stereocenters. The summed E-state index contributed by atoms with van der Waals surface area (Å²) in [6.07, 6.45) is 0.642. The summed E-state index contributed by atoms with van der Waals surface area (Å²) in [5.74, 6) is 0.0260. The Bertz CT molecular complexity index is 519. The number of hydrogen-bond donors (Lipinski definition) is 2. The van der Waals surface area contributed by atoms with Gasteiger partial charge in [-0.05, 0) is 18.5 Å². The van der Waals surface area contributed by atoms with E-state index in [1.807, 2.05) is 6.07 Å². The van der Waals surface area contributed by atoms with Gasteiger partial charge >= 0.3 is 0 Å². The number of nitrogens with one attached hydrogen (secondary N) is 2. The van der Waals surface area contributed by atoms with E-state index in [4.69, 9.17) is 4.74 Å². The SMILES string of the molecule is O=C(NCCCN1CCNCC1)C1CN(Cc2ccccc2)CCO1. The van der Waals surface area contributed by atoms with Crippen molar-refractivity contribution in [2.45, 2.75) is 19.1 Å². The van der Waals surface area contributed by atoms with Crippen LogP contribution in [-0.2, 0) is 16.1 Å². The van der Waals surface area contributed by atoms with Gasteiger partial charge in [0.25, 0.3) is 0 Å². The lowest BCUT2D eigenvalue weighted by atomic mass is 10.2. The first kappa shape index (κ1) is 18.3. The molecule has 0 radical (unpaired) electrons. The molecule has 0 aromatic heterocycles. The van der Waals surface area contributed by atoms with Crippen LogP contribution in [0, 0.1) is 0 Å². The Morgan fingerprint density at radius 1 is 1.16 bits per heavy atom. The molecular formula is C19H30N4O2. The molecule has 6 nitrogen and oxygen atoms in total. The average molecular weight is 346 g/mol. The summed E-state index contributed by atoms with van der Waals surface area (Å²) in [6.45, 7) is 9.15. The van der Waals surface area contributed by atoms with E-state index in [0.29, 0.717) is 13.2 Å². The molecule has 1 amide bonds. The Balaban J connectivity index is 1.35. The number of morpholine rings is 1. The maximum Gasteiger partial charge on any atom is 0.250 e. The summed E-state index contributed by atoms with van der Waals surface area (Å²) in [7, 11) is 0. The average Bonchev–Trinajstić information content (AvgIpc) is 2.67. The summed E-state index contributed by atoms with van der Waals surface area (Å²) < 4.78 is 5.68. The number of benzene rings is 1. The number of amides is 1. The van der Waals surface area contributed by atoms with Crippen molar-refractivity contribution in [1.82, 2.24) is 20.4 Å². The lowest BCUT2D eigenvalue weighted by Crippen LogP contribution is -2.50. The molecule has 0 aliphatic carbocycles. The van der Waals surface area contributed by atoms with Crippen LogP contribution in [0.15, 0.2) is 30.3 Å². The van der Waals surface area contributed by atoms with E-state index in [1.54, 1.807) is 0 Å². The van der Waals surface area contributed by atoms with E-state index in [1.165, 1.54) is 5.56 Å². The predicted octanol–water partition coefficient (Wildman–Crippen LogP) is 0.299. The van der Waals surface area contributed by atoms with Crippen molar-refractivity contribution in [3.8, 4) is 0 Å². The molecule has 1 aromatic carbocycles. The van der Waals surface area contributed by atoms with E-state index in [2.05, 4.69) is 44.7 Å². The van der Waals surface area contributed by atoms with Crippen LogP contribution in [0.25, 0.3) is 0 Å². The van der Waals surface area contributed by atoms with Gasteiger partial charge in [0.1, 0.15) is 6.10 Å². The third-order valence-corrected chi connectivity index (χ3v) is 4.85. The molecule has 0 saturated carbocycles. The monoisotopic (exact) mass is 346 g/mol. The zero-order chi connectivity index (χ0) is 17.3. The third kappa shape index (κ3) is 6.08. The minimum atomic E-state index is -0.350. The normalized spacial score (nSPS) is 22.6. The number of carbonyl (C=O) groups is 1. The molecular weight excluding hydrogens is 316 g/mol. The maximum absolute atomic E-state index is 12.4. The van der Waals surface area contributed by atoms with Crippen LogP contribution < -0.4 is 10.6 Å². The van der Waals surface area contributed by atoms with Crippen LogP contribution in [0.4, 0.5) is 0 Å². The van der Waals surface area contributed by atoms with Gasteiger partial charge in [0.2, 0.25) is 5.91 Å². The molecule has 3 rings (SSSR count). The molecule has 2 saturated heterocycles. The molecule has 2 aliphatic heterocycles. The Hall–Kier alpha value is -1.47. The minimum absolute atomic E-state index is 0.0260. The van der Waals surface area contributed by atoms with Gasteiger partial charge in [-0.3, -0.25) is 9.69 Å². The Morgan fingerprint density at radius 3 is 2.76 bits per heavy atom. The summed E-state index contributed by atoms with van der Waals surface area (Å²) in [6, 6.07) is 10.4. The van der Waals surface area contributed by atoms with E-state index in [-0.39, 0.29) is 12.0 Å². The van der Waals surface area contributed by atoms with Crippen LogP contribution in [-0.4, -0.2) is 80.8 Å². The molecule has 2 fully saturated rings. The standard InChI is InChI=1S/C19H30N4O2/c24-19(21-7-4-10-22-11-8-20-9-12-22)18-16-23(13-14-25-18)15-17-5-2-1-3-6-17/h1-3,5-6,18,20H,4,7-16H2,(H,21,24). The van der Waals surface area contributed by atoms with Gasteiger partial charge in [0.15, 0.2) is 0 Å². The summed E-state index contributed by atoms with van der Waals surface area (Å²) in [4.78, 5) is 17.1. The fourth-order valence-electron chi connectivity index (χ4n) is 3.41. The quantitative estimate of drug-likeness (QED) is 0.696. The number of hydrogen-bond acceptors (Lipinski definition) is 5. The van der Waals surface area contributed by atoms with E-state index >= 15 is 0 Å². The van der Waals surface area contributed by atoms with E-state index in [9.17, 15) is 4.79 Å². The van der Waals surface area contributed by atoms with Gasteiger partial charge in [0.05, 0.1) is 6.61 Å². The van der Waals surface area contributed by atoms with Gasteiger partial charge in [-0.15, -0.1) is 0 Å². The number of piperazine rings is 1. The summed E-state index contributed by atoms with van der Waals surface area (Å²) >= 11 is 0. The Labute approximate surface area is 150 Å². The first-order chi connectivity index (χ1) is 12.3. The van der Waals surface area contributed by atoms with Gasteiger partial charge in [-0.25, -0.2) is 0 Å². The van der Waals surface area contributed by atoms with Gasteiger partial charge in [0, 0.05) is 52.4 Å². The van der Waals surface area contributed by atoms with Crippen molar-refractivity contribution in [3.05, 3.63) is 35.9 Å². The molecule has 0 spiro atoms. The molecule has 2 heterocycles. The van der Waals surface area contributed by atoms with Crippen LogP contribution >= 0.6 is 0 Å². The van der Waals surface area contributed by atoms with E-state index in [0.717, 1.165) is 58.8 Å². The van der Waals surface area contributed by atoms with Crippen molar-refractivity contribution < 1.29 is 9.53 Å². The fourth-order valence-corrected chi connectivity index (χ4v) is 3.41. The second-order valence-electron chi connectivity index (χ2n) is 6.82. The molecule has 0 bridgehead atoms. The van der Waals surface area contributed by atoms with Crippen molar-refractivity contribution in [1.29, 1.82) is 0 Å². The van der Waals surface area contributed by atoms with Gasteiger partial charge in [-0.2, -0.15) is 0 Å². The number of carbonyl (C=O) groups excluding carboxylic acids is 1. The van der Waals surface area contributed by atoms with Crippen molar-refractivity contribution >= 4 is 5.91 Å². The Kier molecular flexibility index (Phi) is 7.23. The summed E-state index contributed by atoms with van der Waals surface area (Å²) in [5, 5.41) is 6.40. The lowest BCUT2D eigenvalue weighted by molar-refractivity contribution is -0.138. The lowest BCUT2D eigenvalue weighted by Gasteiger charge is -2.32. The highest BCUT2D eigenvalue weighted by atomic mass is 16.5. The van der Waals surface area contributed by atoms with Crippen molar-refractivity contribution in [2.75, 3.05) is 59.0 Å². The zero-order valence-corrected chi connectivity index (χ0v) is 15.0. The number of nitrogens with zero attached hydrogens (tertiary/aromatic N) is 2.